The molecule has 0 spiro atoms. The van der Waals surface area contributed by atoms with Crippen molar-refractivity contribution in [1.29, 1.82) is 0 Å². The summed E-state index contributed by atoms with van der Waals surface area (Å²) in [7, 11) is 0. The van der Waals surface area contributed by atoms with Crippen LogP contribution < -0.4 is 10.6 Å². The lowest BCUT2D eigenvalue weighted by molar-refractivity contribution is -0.117. The molecule has 0 aliphatic heterocycles. The van der Waals surface area contributed by atoms with Crippen LogP contribution in [-0.4, -0.2) is 17.9 Å². The molecule has 2 N–H and O–H groups in total. The van der Waals surface area contributed by atoms with Crippen LogP contribution in [0.2, 0.25) is 0 Å². The van der Waals surface area contributed by atoms with E-state index in [1.807, 2.05) is 42.5 Å². The van der Waals surface area contributed by atoms with Crippen molar-refractivity contribution in [3.63, 3.8) is 0 Å². The predicted molar refractivity (Wildman–Crippen MR) is 104 cm³/mol. The van der Waals surface area contributed by atoms with Crippen LogP contribution in [0.1, 0.15) is 17.3 Å². The highest BCUT2D eigenvalue weighted by Gasteiger charge is 2.17. The summed E-state index contributed by atoms with van der Waals surface area (Å²) in [5.41, 5.74) is 2.58. The molecular weight excluding hydrogens is 343 g/mol. The van der Waals surface area contributed by atoms with Crippen LogP contribution >= 0.6 is 0 Å². The maximum absolute atomic E-state index is 13.6. The molecule has 0 aliphatic carbocycles. The summed E-state index contributed by atoms with van der Waals surface area (Å²) in [6.45, 7) is 1.55. The van der Waals surface area contributed by atoms with Gasteiger partial charge in [0, 0.05) is 5.56 Å². The monoisotopic (exact) mass is 362 g/mol. The molecule has 0 fully saturated rings. The number of nitrogens with one attached hydrogen (secondary N) is 2. The molecule has 0 aliphatic rings. The third-order valence-electron chi connectivity index (χ3n) is 4.13. The fraction of sp³-hybridized carbons (Fsp3) is 0.0909. The number of hydrogen-bond acceptors (Lipinski definition) is 2. The Kier molecular flexibility index (Phi) is 5.61. The smallest absolute Gasteiger partial charge is 0.251 e. The SMILES string of the molecule is CC(NC(=O)c1ccc(-c2ccccc2)cc1)C(=O)Nc1ccccc1F. The first kappa shape index (κ1) is 18.3. The Morgan fingerprint density at radius 2 is 1.41 bits per heavy atom. The molecule has 0 saturated carbocycles. The van der Waals surface area contributed by atoms with Crippen LogP contribution in [0.4, 0.5) is 10.1 Å². The van der Waals surface area contributed by atoms with Gasteiger partial charge in [-0.25, -0.2) is 4.39 Å². The lowest BCUT2D eigenvalue weighted by atomic mass is 10.0. The van der Waals surface area contributed by atoms with Crippen molar-refractivity contribution >= 4 is 17.5 Å². The Labute approximate surface area is 157 Å². The third-order valence-corrected chi connectivity index (χ3v) is 4.13. The van der Waals surface area contributed by atoms with Gasteiger partial charge in [-0.15, -0.1) is 0 Å². The normalized spacial score (nSPS) is 11.5. The summed E-state index contributed by atoms with van der Waals surface area (Å²) in [4.78, 5) is 24.5. The van der Waals surface area contributed by atoms with Crippen molar-refractivity contribution in [1.82, 2.24) is 5.32 Å². The maximum Gasteiger partial charge on any atom is 0.251 e. The van der Waals surface area contributed by atoms with Gasteiger partial charge in [0.15, 0.2) is 0 Å². The van der Waals surface area contributed by atoms with Crippen LogP contribution in [0.25, 0.3) is 11.1 Å². The van der Waals surface area contributed by atoms with Crippen molar-refractivity contribution in [3.8, 4) is 11.1 Å². The van der Waals surface area contributed by atoms with Gasteiger partial charge in [0.05, 0.1) is 5.69 Å². The molecule has 3 rings (SSSR count). The Balaban J connectivity index is 1.62. The van der Waals surface area contributed by atoms with Crippen LogP contribution in [-0.2, 0) is 4.79 Å². The number of amides is 2. The Bertz CT molecular complexity index is 940. The van der Waals surface area contributed by atoms with Crippen LogP contribution in [0, 0.1) is 5.82 Å². The molecule has 1 unspecified atom stereocenters. The standard InChI is InChI=1S/C22H19FN2O2/c1-15(21(26)25-20-10-6-5-9-19(20)23)24-22(27)18-13-11-17(12-14-18)16-7-3-2-4-8-16/h2-15H,1H3,(H,24,27)(H,25,26). The molecule has 2 amide bonds. The number of carbonyl (C=O) groups excluding carboxylic acids is 2. The first-order valence-corrected chi connectivity index (χ1v) is 8.56. The van der Waals surface area contributed by atoms with E-state index >= 15 is 0 Å². The van der Waals surface area contributed by atoms with Crippen molar-refractivity contribution in [2.24, 2.45) is 0 Å². The fourth-order valence-electron chi connectivity index (χ4n) is 2.59. The molecule has 1 atom stereocenters. The molecule has 3 aromatic rings. The van der Waals surface area contributed by atoms with E-state index in [-0.39, 0.29) is 11.6 Å². The van der Waals surface area contributed by atoms with E-state index in [4.69, 9.17) is 0 Å². The van der Waals surface area contributed by atoms with E-state index in [0.717, 1.165) is 11.1 Å². The number of para-hydroxylation sites is 1. The van der Waals surface area contributed by atoms with Crippen molar-refractivity contribution < 1.29 is 14.0 Å². The molecule has 3 aromatic carbocycles. The molecule has 0 bridgehead atoms. The van der Waals surface area contributed by atoms with E-state index in [1.54, 1.807) is 25.1 Å². The number of anilines is 1. The maximum atomic E-state index is 13.6. The van der Waals surface area contributed by atoms with Crippen LogP contribution in [0.15, 0.2) is 78.9 Å². The van der Waals surface area contributed by atoms with Gasteiger partial charge in [-0.2, -0.15) is 0 Å². The number of halogens is 1. The molecular formula is C22H19FN2O2. The molecule has 0 saturated heterocycles. The van der Waals surface area contributed by atoms with Gasteiger partial charge in [0.25, 0.3) is 5.91 Å². The van der Waals surface area contributed by atoms with Crippen molar-refractivity contribution in [2.45, 2.75) is 13.0 Å². The molecule has 136 valence electrons. The van der Waals surface area contributed by atoms with Crippen molar-refractivity contribution in [2.75, 3.05) is 5.32 Å². The minimum absolute atomic E-state index is 0.0795. The van der Waals surface area contributed by atoms with Gasteiger partial charge in [0.2, 0.25) is 5.91 Å². The van der Waals surface area contributed by atoms with Gasteiger partial charge in [0.1, 0.15) is 11.9 Å². The fourth-order valence-corrected chi connectivity index (χ4v) is 2.59. The summed E-state index contributed by atoms with van der Waals surface area (Å²) >= 11 is 0. The minimum atomic E-state index is -0.814. The Morgan fingerprint density at radius 1 is 0.815 bits per heavy atom. The second kappa shape index (κ2) is 8.27. The molecule has 4 nitrogen and oxygen atoms in total. The number of hydrogen-bond donors (Lipinski definition) is 2. The summed E-state index contributed by atoms with van der Waals surface area (Å²) < 4.78 is 13.6. The van der Waals surface area contributed by atoms with Crippen LogP contribution in [0.5, 0.6) is 0 Å². The first-order valence-electron chi connectivity index (χ1n) is 8.56. The highest BCUT2D eigenvalue weighted by Crippen LogP contribution is 2.19. The second-order valence-corrected chi connectivity index (χ2v) is 6.11. The summed E-state index contributed by atoms with van der Waals surface area (Å²) in [6.07, 6.45) is 0. The van der Waals surface area contributed by atoms with E-state index in [9.17, 15) is 14.0 Å². The molecule has 0 aromatic heterocycles. The van der Waals surface area contributed by atoms with Gasteiger partial charge < -0.3 is 10.6 Å². The van der Waals surface area contributed by atoms with Gasteiger partial charge in [-0.1, -0.05) is 54.6 Å². The molecule has 0 radical (unpaired) electrons. The predicted octanol–water partition coefficient (Wildman–Crippen LogP) is 4.25. The van der Waals surface area contributed by atoms with Gasteiger partial charge in [-0.3, -0.25) is 9.59 Å². The number of rotatable bonds is 5. The van der Waals surface area contributed by atoms with Crippen molar-refractivity contribution in [3.05, 3.63) is 90.2 Å². The van der Waals surface area contributed by atoms with Gasteiger partial charge >= 0.3 is 0 Å². The molecule has 27 heavy (non-hydrogen) atoms. The average molecular weight is 362 g/mol. The number of carbonyl (C=O) groups is 2. The third kappa shape index (κ3) is 4.58. The van der Waals surface area contributed by atoms with Gasteiger partial charge in [-0.05, 0) is 42.3 Å². The van der Waals surface area contributed by atoms with E-state index in [2.05, 4.69) is 10.6 Å². The minimum Gasteiger partial charge on any atom is -0.341 e. The quantitative estimate of drug-likeness (QED) is 0.713. The summed E-state index contributed by atoms with van der Waals surface area (Å²) in [5.74, 6) is -1.39. The largest absolute Gasteiger partial charge is 0.341 e. The molecule has 5 heteroatoms. The Hall–Kier alpha value is -3.47. The number of benzene rings is 3. The van der Waals surface area contributed by atoms with E-state index < -0.39 is 17.8 Å². The first-order chi connectivity index (χ1) is 13.0. The highest BCUT2D eigenvalue weighted by molar-refractivity contribution is 6.01. The average Bonchev–Trinajstić information content (AvgIpc) is 2.70. The second-order valence-electron chi connectivity index (χ2n) is 6.11. The molecule has 0 heterocycles. The zero-order chi connectivity index (χ0) is 19.2. The van der Waals surface area contributed by atoms with E-state index in [1.165, 1.54) is 18.2 Å². The summed E-state index contributed by atoms with van der Waals surface area (Å²) in [5, 5.41) is 5.09. The lowest BCUT2D eigenvalue weighted by Gasteiger charge is -2.14. The zero-order valence-corrected chi connectivity index (χ0v) is 14.8. The highest BCUT2D eigenvalue weighted by atomic mass is 19.1. The lowest BCUT2D eigenvalue weighted by Crippen LogP contribution is -2.41. The summed E-state index contributed by atoms with van der Waals surface area (Å²) in [6, 6.07) is 22.0. The van der Waals surface area contributed by atoms with Crippen LogP contribution in [0.3, 0.4) is 0 Å². The topological polar surface area (TPSA) is 58.2 Å². The van der Waals surface area contributed by atoms with E-state index in [0.29, 0.717) is 5.56 Å². The zero-order valence-electron chi connectivity index (χ0n) is 14.8. The Morgan fingerprint density at radius 3 is 2.07 bits per heavy atom.